The first-order valence-electron chi connectivity index (χ1n) is 4.38. The largest absolute Gasteiger partial charge is 2.00 e. The molecule has 0 spiro atoms. The van der Waals surface area contributed by atoms with E-state index in [1.54, 1.807) is 0 Å². The zero-order valence-corrected chi connectivity index (χ0v) is 24.7. The van der Waals surface area contributed by atoms with E-state index in [9.17, 15) is 0 Å². The molecule has 19 N–H and O–H groups in total. The maximum Gasteiger partial charge on any atom is 2.00 e. The molecule has 0 fully saturated rings. The van der Waals surface area contributed by atoms with Crippen molar-refractivity contribution in [2.24, 2.45) is 0 Å². The molecule has 0 rings (SSSR count). The molecule has 0 saturated carbocycles. The van der Waals surface area contributed by atoms with Gasteiger partial charge in [-0.05, 0) is 0 Å². The predicted octanol–water partition coefficient (Wildman–Crippen LogP) is -19.0. The van der Waals surface area contributed by atoms with Crippen LogP contribution in [-0.2, 0) is 57.3 Å². The second kappa shape index (κ2) is 54.9. The van der Waals surface area contributed by atoms with Crippen LogP contribution in [0.5, 0.6) is 0 Å². The molecule has 0 aliphatic rings. The van der Waals surface area contributed by atoms with Gasteiger partial charge in [-0.3, -0.25) is 25.5 Å². The Morgan fingerprint density at radius 3 is 0.515 bits per heavy atom. The van der Waals surface area contributed by atoms with Gasteiger partial charge in [0.2, 0.25) is 0 Å². The van der Waals surface area contributed by atoms with Gasteiger partial charge in [0.05, 0.1) is 7.32 Å². The zero-order valence-electron chi connectivity index (χ0n) is 15.8. The third-order valence-electron chi connectivity index (χ3n) is 0. The molecule has 0 aliphatic heterocycles. The standard InChI is InChI=1S/2BH3O3.BHO3.BO3.K.Mn.2H2O4S.4H2O.Zn/c4*2-1(3)4;;;2*1-5(2,3)4;;;;;/h2*2-4H;2H;;;;2*(H2,1,2,3,4);4*1H2;/q;;-2;-3;+1;+2;;;;;;;+2. The van der Waals surface area contributed by atoms with Gasteiger partial charge in [-0.2, -0.15) is 16.8 Å². The average molecular weight is 670 g/mol. The van der Waals surface area contributed by atoms with Crippen molar-refractivity contribution in [1.82, 2.24) is 0 Å². The third kappa shape index (κ3) is 7710. The Morgan fingerprint density at radius 1 is 0.515 bits per heavy atom. The molecule has 24 nitrogen and oxygen atoms in total. The van der Waals surface area contributed by atoms with Crippen molar-refractivity contribution in [3.63, 3.8) is 0 Å². The quantitative estimate of drug-likeness (QED) is 0.0841. The van der Waals surface area contributed by atoms with Crippen LogP contribution in [0.4, 0.5) is 0 Å². The number of hydrogen-bond donors (Lipinski definition) is 11. The van der Waals surface area contributed by atoms with Crippen LogP contribution in [0.3, 0.4) is 0 Å². The summed E-state index contributed by atoms with van der Waals surface area (Å²) in [7, 11) is -19.3. The van der Waals surface area contributed by atoms with E-state index in [1.807, 2.05) is 0 Å². The van der Waals surface area contributed by atoms with Gasteiger partial charge in [0.15, 0.2) is 0 Å². The van der Waals surface area contributed by atoms with Gasteiger partial charge >= 0.3 is 123 Å². The molecule has 0 saturated heterocycles. The molecule has 0 unspecified atom stereocenters. The molecule has 33 heavy (non-hydrogen) atoms. The van der Waals surface area contributed by atoms with E-state index in [0.29, 0.717) is 0 Å². The van der Waals surface area contributed by atoms with Gasteiger partial charge in [0.1, 0.15) is 0 Å². The van der Waals surface area contributed by atoms with E-state index in [1.165, 1.54) is 0 Å². The fourth-order valence-corrected chi connectivity index (χ4v) is 0. The summed E-state index contributed by atoms with van der Waals surface area (Å²) in [5.41, 5.74) is 0. The van der Waals surface area contributed by atoms with Gasteiger partial charge in [0.25, 0.3) is 0 Å². The Labute approximate surface area is 252 Å². The molecule has 0 aromatic heterocycles. The molecule has 33 heteroatoms. The van der Waals surface area contributed by atoms with Crippen LogP contribution < -0.4 is 76.5 Å². The van der Waals surface area contributed by atoms with E-state index in [4.69, 9.17) is 95.3 Å². The normalized spacial score (nSPS) is 6.79. The van der Waals surface area contributed by atoms with E-state index in [0.717, 1.165) is 0 Å². The van der Waals surface area contributed by atoms with E-state index >= 15 is 0 Å². The maximum atomic E-state index is 8.74. The van der Waals surface area contributed by atoms with Crippen LogP contribution in [0.15, 0.2) is 0 Å². The minimum atomic E-state index is -4.67. The summed E-state index contributed by atoms with van der Waals surface area (Å²) < 4.78 is 63.2. The van der Waals surface area contributed by atoms with Crippen LogP contribution >= 0.6 is 0 Å². The first-order valence-corrected chi connectivity index (χ1v) is 7.18. The van der Waals surface area contributed by atoms with Gasteiger partial charge in [0, 0.05) is 0 Å². The van der Waals surface area contributed by atoms with Crippen molar-refractivity contribution in [1.29, 1.82) is 0 Å². The molecule has 0 aliphatic carbocycles. The number of hydrogen-bond acceptors (Lipinski definition) is 16. The second-order valence-corrected chi connectivity index (χ2v) is 3.98. The SMILES string of the molecule is O.O.O.O.O=S(=O)(O)O.O=S(=O)(O)O.OB(O)O.OB(O)O.[K+].[Mn+2].[O-]B([O-])O.[O-]B([O-])[O-].[Zn+2]. The molecule has 0 atom stereocenters. The minimum absolute atomic E-state index is 0. The summed E-state index contributed by atoms with van der Waals surface area (Å²) in [4.78, 5) is 0. The average Bonchev–Trinajstić information content (AvgIpc) is 2.03. The summed E-state index contributed by atoms with van der Waals surface area (Å²) in [5, 5.41) is 92.3. The first kappa shape index (κ1) is 83.6. The Bertz CT molecular complexity index is 358. The Kier molecular flexibility index (Phi) is 139. The Morgan fingerprint density at radius 2 is 0.515 bits per heavy atom. The second-order valence-electron chi connectivity index (χ2n) is 2.18. The van der Waals surface area contributed by atoms with Crippen LogP contribution in [0.2, 0.25) is 0 Å². The fraction of sp³-hybridized carbons (Fsp3) is 0. The smallest absolute Gasteiger partial charge is 0.907 e. The van der Waals surface area contributed by atoms with Crippen molar-refractivity contribution < 1.29 is 205 Å². The third-order valence-corrected chi connectivity index (χ3v) is 0. The predicted molar refractivity (Wildman–Crippen MR) is 81.4 cm³/mol. The van der Waals surface area contributed by atoms with Crippen LogP contribution in [-0.4, -0.2) is 121 Å². The van der Waals surface area contributed by atoms with Crippen molar-refractivity contribution in [2.45, 2.75) is 0 Å². The fourth-order valence-electron chi connectivity index (χ4n) is 0. The van der Waals surface area contributed by atoms with Crippen molar-refractivity contribution in [3.8, 4) is 0 Å². The molecule has 0 amide bonds. The summed E-state index contributed by atoms with van der Waals surface area (Å²) in [6.07, 6.45) is 0. The van der Waals surface area contributed by atoms with Crippen molar-refractivity contribution >= 4 is 50.1 Å². The molecular formula is H19B4KMnO24S2Zn. The molecule has 0 bridgehead atoms. The Balaban J connectivity index is -0.0000000127. The monoisotopic (exact) mass is 669 g/mol. The summed E-state index contributed by atoms with van der Waals surface area (Å²) in [6, 6.07) is 0. The molecule has 0 aromatic rings. The molecule has 197 valence electrons. The summed E-state index contributed by atoms with van der Waals surface area (Å²) in [5.74, 6) is 0. The summed E-state index contributed by atoms with van der Waals surface area (Å²) in [6.45, 7) is 0. The van der Waals surface area contributed by atoms with Crippen molar-refractivity contribution in [2.75, 3.05) is 0 Å². The molecule has 1 radical (unpaired) electrons. The van der Waals surface area contributed by atoms with E-state index in [2.05, 4.69) is 0 Å². The van der Waals surface area contributed by atoms with E-state index < -0.39 is 50.1 Å². The zero-order chi connectivity index (χ0) is 23.3. The molecular weight excluding hydrogens is 651 g/mol. The van der Waals surface area contributed by atoms with Crippen molar-refractivity contribution in [3.05, 3.63) is 0 Å². The van der Waals surface area contributed by atoms with Gasteiger partial charge in [-0.15, -0.1) is 0 Å². The van der Waals surface area contributed by atoms with Crippen LogP contribution in [0.1, 0.15) is 0 Å². The van der Waals surface area contributed by atoms with Crippen LogP contribution in [0.25, 0.3) is 0 Å². The number of rotatable bonds is 0. The molecule has 0 heterocycles. The minimum Gasteiger partial charge on any atom is -0.907 e. The maximum absolute atomic E-state index is 8.74. The topological polar surface area (TPSA) is 532 Å². The Hall–Kier alpha value is 2.14. The van der Waals surface area contributed by atoms with E-state index in [-0.39, 0.29) is 110 Å². The summed E-state index contributed by atoms with van der Waals surface area (Å²) >= 11 is 0. The van der Waals surface area contributed by atoms with Crippen LogP contribution in [0, 0.1) is 0 Å². The van der Waals surface area contributed by atoms with Gasteiger partial charge in [-0.25, -0.2) is 0 Å². The molecule has 0 aromatic carbocycles. The first-order chi connectivity index (χ1) is 10.9. The van der Waals surface area contributed by atoms with Gasteiger partial charge < -0.3 is 82.2 Å². The van der Waals surface area contributed by atoms with Gasteiger partial charge in [-0.1, -0.05) is 0 Å².